The van der Waals surface area contributed by atoms with Crippen LogP contribution < -0.4 is 4.90 Å². The maximum Gasteiger partial charge on any atom is 0.222 e. The second-order valence-electron chi connectivity index (χ2n) is 7.31. The zero-order valence-electron chi connectivity index (χ0n) is 16.7. The fraction of sp³-hybridized carbons (Fsp3) is 0.364. The first-order valence-corrected chi connectivity index (χ1v) is 12.2. The monoisotopic (exact) mass is 463 g/mol. The number of hydrogen-bond acceptors (Lipinski definition) is 5. The highest BCUT2D eigenvalue weighted by Gasteiger charge is 2.23. The lowest BCUT2D eigenvalue weighted by Crippen LogP contribution is -2.48. The molecule has 4 nitrogen and oxygen atoms in total. The molecule has 1 aliphatic rings. The highest BCUT2D eigenvalue weighted by molar-refractivity contribution is 7.99. The minimum Gasteiger partial charge on any atom is -0.345 e. The van der Waals surface area contributed by atoms with Gasteiger partial charge >= 0.3 is 0 Å². The van der Waals surface area contributed by atoms with Crippen molar-refractivity contribution in [2.45, 2.75) is 24.7 Å². The summed E-state index contributed by atoms with van der Waals surface area (Å²) >= 11 is 9.61. The van der Waals surface area contributed by atoms with Crippen LogP contribution in [0.2, 0.25) is 5.02 Å². The maximum absolute atomic E-state index is 12.9. The molecule has 0 bridgehead atoms. The van der Waals surface area contributed by atoms with Crippen molar-refractivity contribution in [3.05, 3.63) is 52.8 Å². The Morgan fingerprint density at radius 1 is 1.17 bits per heavy atom. The molecule has 8 heteroatoms. The number of aromatic nitrogens is 1. The molecule has 1 saturated heterocycles. The number of thioether (sulfide) groups is 1. The van der Waals surface area contributed by atoms with E-state index in [4.69, 9.17) is 16.6 Å². The van der Waals surface area contributed by atoms with Crippen molar-refractivity contribution in [2.75, 3.05) is 36.8 Å². The van der Waals surface area contributed by atoms with Gasteiger partial charge in [-0.3, -0.25) is 4.79 Å². The predicted molar refractivity (Wildman–Crippen MR) is 125 cm³/mol. The summed E-state index contributed by atoms with van der Waals surface area (Å²) < 4.78 is 14.0. The van der Waals surface area contributed by atoms with Crippen molar-refractivity contribution in [3.8, 4) is 0 Å². The number of aryl methyl sites for hydroxylation is 1. The number of benzene rings is 2. The molecule has 0 atom stereocenters. The third-order valence-corrected chi connectivity index (χ3v) is 7.88. The van der Waals surface area contributed by atoms with E-state index in [1.807, 2.05) is 24.0 Å². The van der Waals surface area contributed by atoms with E-state index in [0.29, 0.717) is 19.5 Å². The third kappa shape index (κ3) is 4.90. The van der Waals surface area contributed by atoms with Crippen molar-refractivity contribution in [1.82, 2.24) is 9.88 Å². The standard InChI is InChI=1S/C22H23ClFN3OS2/c1-15-4-9-18(23)21-20(15)25-22(30-21)27-12-10-26(11-13-27)19(28)3-2-14-29-17-7-5-16(24)6-8-17/h4-9H,2-3,10-14H2,1H3. The maximum atomic E-state index is 12.9. The fourth-order valence-corrected chi connectivity index (χ4v) is 5.70. The van der Waals surface area contributed by atoms with Crippen LogP contribution in [0.1, 0.15) is 18.4 Å². The van der Waals surface area contributed by atoms with Crippen LogP contribution in [-0.4, -0.2) is 47.7 Å². The van der Waals surface area contributed by atoms with Crippen molar-refractivity contribution in [3.63, 3.8) is 0 Å². The molecule has 1 amide bonds. The molecule has 1 aromatic heterocycles. The number of halogens is 2. The van der Waals surface area contributed by atoms with Crippen LogP contribution in [0.5, 0.6) is 0 Å². The molecule has 0 spiro atoms. The third-order valence-electron chi connectivity index (χ3n) is 5.21. The minimum absolute atomic E-state index is 0.206. The molecule has 4 rings (SSSR count). The summed E-state index contributed by atoms with van der Waals surface area (Å²) in [6.07, 6.45) is 1.36. The van der Waals surface area contributed by atoms with E-state index in [9.17, 15) is 9.18 Å². The number of hydrogen-bond donors (Lipinski definition) is 0. The lowest BCUT2D eigenvalue weighted by Gasteiger charge is -2.34. The Bertz CT molecular complexity index is 994. The number of thiazole rings is 1. The summed E-state index contributed by atoms with van der Waals surface area (Å²) in [5.74, 6) is 0.832. The van der Waals surface area contributed by atoms with Gasteiger partial charge < -0.3 is 9.80 Å². The highest BCUT2D eigenvalue weighted by Crippen LogP contribution is 2.35. The summed E-state index contributed by atoms with van der Waals surface area (Å²) in [6.45, 7) is 5.05. The van der Waals surface area contributed by atoms with Gasteiger partial charge in [-0.15, -0.1) is 11.8 Å². The summed E-state index contributed by atoms with van der Waals surface area (Å²) in [5, 5.41) is 1.72. The number of anilines is 1. The Labute approximate surface area is 189 Å². The average Bonchev–Trinajstić information content (AvgIpc) is 3.22. The van der Waals surface area contributed by atoms with Gasteiger partial charge in [-0.05, 0) is 55.0 Å². The minimum atomic E-state index is -0.224. The Kier molecular flexibility index (Phi) is 6.80. The van der Waals surface area contributed by atoms with Gasteiger partial charge in [0, 0.05) is 37.5 Å². The van der Waals surface area contributed by atoms with Crippen molar-refractivity contribution >= 4 is 56.0 Å². The number of carbonyl (C=O) groups is 1. The van der Waals surface area contributed by atoms with Gasteiger partial charge in [0.1, 0.15) is 5.82 Å². The van der Waals surface area contributed by atoms with Gasteiger partial charge in [-0.25, -0.2) is 9.37 Å². The molecule has 0 unspecified atom stereocenters. The van der Waals surface area contributed by atoms with E-state index < -0.39 is 0 Å². The van der Waals surface area contributed by atoms with Crippen molar-refractivity contribution in [2.24, 2.45) is 0 Å². The summed E-state index contributed by atoms with van der Waals surface area (Å²) in [5.41, 5.74) is 2.10. The first-order valence-electron chi connectivity index (χ1n) is 9.98. The average molecular weight is 464 g/mol. The molecular formula is C22H23ClFN3OS2. The van der Waals surface area contributed by atoms with Gasteiger partial charge in [0.15, 0.2) is 5.13 Å². The molecule has 30 heavy (non-hydrogen) atoms. The summed E-state index contributed by atoms with van der Waals surface area (Å²) in [4.78, 5) is 22.6. The largest absolute Gasteiger partial charge is 0.345 e. The second-order valence-corrected chi connectivity index (χ2v) is 9.87. The molecule has 0 radical (unpaired) electrons. The first-order chi connectivity index (χ1) is 14.5. The predicted octanol–water partition coefficient (Wildman–Crippen LogP) is 5.62. The van der Waals surface area contributed by atoms with Crippen LogP contribution in [0.25, 0.3) is 10.2 Å². The van der Waals surface area contributed by atoms with Crippen molar-refractivity contribution < 1.29 is 9.18 Å². The zero-order valence-corrected chi connectivity index (χ0v) is 19.1. The SMILES string of the molecule is Cc1ccc(Cl)c2sc(N3CCN(C(=O)CCCSc4ccc(F)cc4)CC3)nc12. The Hall–Kier alpha value is -1.83. The van der Waals surface area contributed by atoms with Gasteiger partial charge in [0.05, 0.1) is 15.2 Å². The van der Waals surface area contributed by atoms with Crippen LogP contribution in [0.3, 0.4) is 0 Å². The number of carbonyl (C=O) groups excluding carboxylic acids is 1. The first kappa shape index (κ1) is 21.4. The molecule has 1 aliphatic heterocycles. The van der Waals surface area contributed by atoms with Crippen LogP contribution in [0, 0.1) is 12.7 Å². The molecule has 158 valence electrons. The smallest absolute Gasteiger partial charge is 0.222 e. The Morgan fingerprint density at radius 2 is 1.90 bits per heavy atom. The van der Waals surface area contributed by atoms with Gasteiger partial charge in [-0.1, -0.05) is 29.0 Å². The zero-order chi connectivity index (χ0) is 21.1. The molecule has 0 saturated carbocycles. The van der Waals surface area contributed by atoms with E-state index in [1.54, 1.807) is 35.2 Å². The summed E-state index contributed by atoms with van der Waals surface area (Å²) in [7, 11) is 0. The van der Waals surface area contributed by atoms with Gasteiger partial charge in [0.2, 0.25) is 5.91 Å². The number of piperazine rings is 1. The Morgan fingerprint density at radius 3 is 2.60 bits per heavy atom. The topological polar surface area (TPSA) is 36.4 Å². The molecule has 0 aliphatic carbocycles. The fourth-order valence-electron chi connectivity index (χ4n) is 3.48. The second kappa shape index (κ2) is 9.54. The molecule has 2 heterocycles. The van der Waals surface area contributed by atoms with E-state index in [2.05, 4.69) is 4.90 Å². The van der Waals surface area contributed by atoms with Gasteiger partial charge in [-0.2, -0.15) is 0 Å². The molecule has 1 fully saturated rings. The quantitative estimate of drug-likeness (QED) is 0.351. The highest BCUT2D eigenvalue weighted by atomic mass is 35.5. The Balaban J connectivity index is 1.25. The van der Waals surface area contributed by atoms with E-state index in [0.717, 1.165) is 56.1 Å². The van der Waals surface area contributed by atoms with Gasteiger partial charge in [0.25, 0.3) is 0 Å². The molecule has 0 N–H and O–H groups in total. The molecule has 2 aromatic carbocycles. The van der Waals surface area contributed by atoms with Crippen LogP contribution in [-0.2, 0) is 4.79 Å². The van der Waals surface area contributed by atoms with E-state index in [1.165, 1.54) is 12.1 Å². The number of amides is 1. The van der Waals surface area contributed by atoms with E-state index >= 15 is 0 Å². The number of fused-ring (bicyclic) bond motifs is 1. The lowest BCUT2D eigenvalue weighted by molar-refractivity contribution is -0.131. The number of nitrogens with zero attached hydrogens (tertiary/aromatic N) is 3. The van der Waals surface area contributed by atoms with Crippen LogP contribution in [0.15, 0.2) is 41.3 Å². The molecular weight excluding hydrogens is 441 g/mol. The van der Waals surface area contributed by atoms with Crippen molar-refractivity contribution in [1.29, 1.82) is 0 Å². The van der Waals surface area contributed by atoms with E-state index in [-0.39, 0.29) is 11.7 Å². The van der Waals surface area contributed by atoms with Crippen LogP contribution >= 0.6 is 34.7 Å². The number of rotatable bonds is 6. The lowest BCUT2D eigenvalue weighted by atomic mass is 10.2. The molecule has 3 aromatic rings. The summed E-state index contributed by atoms with van der Waals surface area (Å²) in [6, 6.07) is 10.4. The normalized spacial score (nSPS) is 14.5. The van der Waals surface area contributed by atoms with Crippen LogP contribution in [0.4, 0.5) is 9.52 Å².